The SMILES string of the molecule is O=C(CSc1nc(=O)[nH]c2nc[nH]c12)N[C@@H]1C(=O)N2C(C(=O)O)=C(/C=C3\CCN(C4CC4)C3=O)CS[C@H]12.[H-].[Na+]. The Kier molecular flexibility index (Phi) is 7.48. The number of carboxylic acids is 1. The Morgan fingerprint density at radius 3 is 2.84 bits per heavy atom. The number of carboxylic acid groups (broad SMARTS) is 1. The molecule has 194 valence electrons. The first-order valence-electron chi connectivity index (χ1n) is 11.6. The van der Waals surface area contributed by atoms with E-state index in [4.69, 9.17) is 0 Å². The zero-order chi connectivity index (χ0) is 25.8. The van der Waals surface area contributed by atoms with Crippen LogP contribution >= 0.6 is 23.5 Å². The van der Waals surface area contributed by atoms with Crippen molar-refractivity contribution in [3.05, 3.63) is 39.7 Å². The fourth-order valence-corrected chi connectivity index (χ4v) is 6.85. The van der Waals surface area contributed by atoms with Gasteiger partial charge in [-0.2, -0.15) is 4.98 Å². The number of fused-ring (bicyclic) bond motifs is 2. The molecule has 0 aromatic carbocycles. The molecular weight excluding hydrogens is 545 g/mol. The summed E-state index contributed by atoms with van der Waals surface area (Å²) >= 11 is 2.36. The zero-order valence-electron chi connectivity index (χ0n) is 21.2. The number of carbonyl (C=O) groups is 4. The second-order valence-electron chi connectivity index (χ2n) is 9.05. The number of thioether (sulfide) groups is 2. The van der Waals surface area contributed by atoms with E-state index in [0.29, 0.717) is 52.1 Å². The maximum absolute atomic E-state index is 12.9. The van der Waals surface area contributed by atoms with E-state index in [-0.39, 0.29) is 48.3 Å². The third-order valence-corrected chi connectivity index (χ3v) is 8.91. The minimum absolute atomic E-state index is 0. The number of carbonyl (C=O) groups excluding carboxylic acids is 3. The fourth-order valence-electron chi connectivity index (χ4n) is 4.75. The molecule has 2 aromatic heterocycles. The second-order valence-corrected chi connectivity index (χ2v) is 11.1. The van der Waals surface area contributed by atoms with Gasteiger partial charge in [0.25, 0.3) is 5.91 Å². The van der Waals surface area contributed by atoms with Gasteiger partial charge in [-0.25, -0.2) is 14.6 Å². The van der Waals surface area contributed by atoms with Crippen LogP contribution in [0.3, 0.4) is 0 Å². The van der Waals surface area contributed by atoms with Crippen molar-refractivity contribution < 1.29 is 55.3 Å². The van der Waals surface area contributed by atoms with Crippen LogP contribution in [0.4, 0.5) is 0 Å². The predicted octanol–water partition coefficient (Wildman–Crippen LogP) is -3.09. The van der Waals surface area contributed by atoms with Gasteiger partial charge in [0, 0.05) is 23.9 Å². The van der Waals surface area contributed by atoms with Crippen LogP contribution in [0.25, 0.3) is 11.2 Å². The van der Waals surface area contributed by atoms with Crippen molar-refractivity contribution in [1.82, 2.24) is 35.1 Å². The van der Waals surface area contributed by atoms with E-state index in [1.807, 2.05) is 4.90 Å². The number of aromatic amines is 2. The second kappa shape index (κ2) is 10.5. The van der Waals surface area contributed by atoms with Crippen LogP contribution in [-0.4, -0.2) is 94.0 Å². The van der Waals surface area contributed by atoms with Crippen LogP contribution in [0, 0.1) is 0 Å². The van der Waals surface area contributed by atoms with E-state index < -0.39 is 34.9 Å². The summed E-state index contributed by atoms with van der Waals surface area (Å²) in [5.41, 5.74) is 1.06. The van der Waals surface area contributed by atoms with Crippen molar-refractivity contribution >= 4 is 58.4 Å². The molecule has 0 radical (unpaired) electrons. The molecule has 13 nitrogen and oxygen atoms in total. The average Bonchev–Trinajstić information content (AvgIpc) is 3.49. The van der Waals surface area contributed by atoms with Crippen LogP contribution in [-0.2, 0) is 19.2 Å². The maximum atomic E-state index is 12.9. The summed E-state index contributed by atoms with van der Waals surface area (Å²) in [6.07, 6.45) is 5.58. The number of imidazole rings is 1. The third kappa shape index (κ3) is 4.81. The Hall–Kier alpha value is -2.59. The average molecular weight is 568 g/mol. The van der Waals surface area contributed by atoms with E-state index in [1.165, 1.54) is 23.0 Å². The number of nitrogens with zero attached hydrogens (tertiary/aromatic N) is 4. The summed E-state index contributed by atoms with van der Waals surface area (Å²) < 4.78 is 0. The molecule has 4 aliphatic rings. The molecule has 16 heteroatoms. The molecule has 2 saturated heterocycles. The van der Waals surface area contributed by atoms with Crippen molar-refractivity contribution in [2.24, 2.45) is 0 Å². The van der Waals surface area contributed by atoms with Crippen molar-refractivity contribution in [3.8, 4) is 0 Å². The topological polar surface area (TPSA) is 181 Å². The third-order valence-electron chi connectivity index (χ3n) is 6.63. The number of rotatable bonds is 7. The number of allylic oxidation sites excluding steroid dienone is 1. The largest absolute Gasteiger partial charge is 1.00 e. The number of amides is 3. The zero-order valence-corrected chi connectivity index (χ0v) is 23.9. The summed E-state index contributed by atoms with van der Waals surface area (Å²) in [6.45, 7) is 0.633. The van der Waals surface area contributed by atoms with E-state index in [1.54, 1.807) is 6.08 Å². The predicted molar refractivity (Wildman–Crippen MR) is 133 cm³/mol. The van der Waals surface area contributed by atoms with Gasteiger partial charge in [0.05, 0.1) is 12.1 Å². The Balaban J connectivity index is 0.00000176. The Morgan fingerprint density at radius 2 is 2.11 bits per heavy atom. The van der Waals surface area contributed by atoms with Crippen LogP contribution in [0.1, 0.15) is 20.7 Å². The van der Waals surface area contributed by atoms with E-state index in [0.717, 1.165) is 24.6 Å². The number of β-lactam (4-membered cyclic amide) rings is 1. The van der Waals surface area contributed by atoms with E-state index >= 15 is 0 Å². The normalized spacial score (nSPS) is 23.9. The number of hydrogen-bond donors (Lipinski definition) is 4. The maximum Gasteiger partial charge on any atom is 1.00 e. The summed E-state index contributed by atoms with van der Waals surface area (Å²) in [5, 5.41) is 12.3. The molecule has 5 heterocycles. The molecule has 38 heavy (non-hydrogen) atoms. The number of likely N-dealkylation sites (tertiary alicyclic amines) is 1. The minimum atomic E-state index is -1.25. The van der Waals surface area contributed by atoms with E-state index in [2.05, 4.69) is 25.3 Å². The van der Waals surface area contributed by atoms with Gasteiger partial charge in [0.15, 0.2) is 5.65 Å². The van der Waals surface area contributed by atoms with Crippen LogP contribution in [0.15, 0.2) is 39.1 Å². The van der Waals surface area contributed by atoms with E-state index in [9.17, 15) is 29.1 Å². The van der Waals surface area contributed by atoms with Gasteiger partial charge in [-0.05, 0) is 30.9 Å². The first-order valence-corrected chi connectivity index (χ1v) is 13.6. The number of aliphatic carboxylic acids is 1. The molecule has 3 fully saturated rings. The molecule has 2 aromatic rings. The van der Waals surface area contributed by atoms with Crippen LogP contribution in [0.5, 0.6) is 0 Å². The Labute approximate surface area is 247 Å². The van der Waals surface area contributed by atoms with Gasteiger partial charge in [0.2, 0.25) is 11.8 Å². The van der Waals surface area contributed by atoms with Gasteiger partial charge >= 0.3 is 41.2 Å². The molecule has 0 unspecified atom stereocenters. The quantitative estimate of drug-likeness (QED) is 0.0880. The molecule has 3 amide bonds. The summed E-state index contributed by atoms with van der Waals surface area (Å²) in [4.78, 5) is 78.2. The molecule has 0 bridgehead atoms. The molecule has 6 rings (SSSR count). The van der Waals surface area contributed by atoms with Gasteiger partial charge in [-0.1, -0.05) is 11.8 Å². The molecule has 4 N–H and O–H groups in total. The summed E-state index contributed by atoms with van der Waals surface area (Å²) in [6, 6.07) is -0.584. The summed E-state index contributed by atoms with van der Waals surface area (Å²) in [5.74, 6) is -2.10. The van der Waals surface area contributed by atoms with Gasteiger partial charge in [-0.3, -0.25) is 24.3 Å². The van der Waals surface area contributed by atoms with Gasteiger partial charge < -0.3 is 21.7 Å². The fraction of sp³-hybridized carbons (Fsp3) is 0.409. The number of nitrogens with one attached hydrogen (secondary N) is 3. The van der Waals surface area contributed by atoms with Crippen molar-refractivity contribution in [2.75, 3.05) is 18.1 Å². The van der Waals surface area contributed by atoms with Crippen molar-refractivity contribution in [2.45, 2.75) is 41.7 Å². The molecule has 1 aliphatic carbocycles. The molecule has 1 saturated carbocycles. The van der Waals surface area contributed by atoms with Crippen LogP contribution in [0.2, 0.25) is 0 Å². The van der Waals surface area contributed by atoms with Crippen LogP contribution < -0.4 is 40.6 Å². The monoisotopic (exact) mass is 567 g/mol. The minimum Gasteiger partial charge on any atom is -1.00 e. The molecule has 3 aliphatic heterocycles. The first kappa shape index (κ1) is 27.0. The Morgan fingerprint density at radius 1 is 1.32 bits per heavy atom. The van der Waals surface area contributed by atoms with Gasteiger partial charge in [0.1, 0.15) is 27.7 Å². The first-order chi connectivity index (χ1) is 17.8. The molecule has 0 spiro atoms. The standard InChI is InChI=1S/C22H21N7O6S2.Na.H/c30-12(7-36-17-13-16(24-8-23-13)26-22(35)27-17)25-14-19(32)29-15(21(33)34)10(6-37-20(14)29)5-9-3-4-28(18(9)31)11-1-2-11;;/h5,8,11,14,20H,1-4,6-7H2,(H,25,30)(H,33,34)(H2,23,24,26,27,35);;/q;+1;-1/b9-5+;;/t14-,20-;;/m1../s1. The number of H-pyrrole nitrogens is 2. The smallest absolute Gasteiger partial charge is 1.00 e. The van der Waals surface area contributed by atoms with Crippen molar-refractivity contribution in [3.63, 3.8) is 0 Å². The number of hydrogen-bond acceptors (Lipinski definition) is 9. The molecule has 2 atom stereocenters. The van der Waals surface area contributed by atoms with Gasteiger partial charge in [-0.15, -0.1) is 11.8 Å². The number of aromatic nitrogens is 4. The molecular formula is C22H22N7NaO6S2. The Bertz CT molecular complexity index is 1490. The van der Waals surface area contributed by atoms with Crippen molar-refractivity contribution in [1.29, 1.82) is 0 Å². The summed E-state index contributed by atoms with van der Waals surface area (Å²) in [7, 11) is 0.